The summed E-state index contributed by atoms with van der Waals surface area (Å²) < 4.78 is 0. The van der Waals surface area contributed by atoms with Crippen molar-refractivity contribution >= 4 is 5.91 Å². The summed E-state index contributed by atoms with van der Waals surface area (Å²) in [7, 11) is 0. The molecule has 5 atom stereocenters. The Balaban J connectivity index is 1.56. The lowest BCUT2D eigenvalue weighted by atomic mass is 9.64. The van der Waals surface area contributed by atoms with Crippen LogP contribution < -0.4 is 5.32 Å². The predicted molar refractivity (Wildman–Crippen MR) is 110 cm³/mol. The number of hydrogen-bond donors (Lipinski definition) is 1. The zero-order chi connectivity index (χ0) is 19.3. The van der Waals surface area contributed by atoms with Crippen molar-refractivity contribution in [2.75, 3.05) is 0 Å². The number of amides is 1. The molecule has 0 radical (unpaired) electrons. The normalized spacial score (nSPS) is 33.7. The van der Waals surface area contributed by atoms with Gasteiger partial charge < -0.3 is 10.2 Å². The summed E-state index contributed by atoms with van der Waals surface area (Å²) in [5.41, 5.74) is 2.96. The maximum Gasteiger partial charge on any atom is 0.273 e. The number of piperidine rings is 1. The zero-order valence-corrected chi connectivity index (χ0v) is 16.8. The van der Waals surface area contributed by atoms with Crippen LogP contribution in [0, 0.1) is 12.3 Å². The van der Waals surface area contributed by atoms with Crippen LogP contribution in [0.25, 0.3) is 0 Å². The number of nitrogens with zero attached hydrogens (tertiary/aromatic N) is 2. The Kier molecular flexibility index (Phi) is 4.27. The van der Waals surface area contributed by atoms with Crippen molar-refractivity contribution in [3.63, 3.8) is 0 Å². The van der Waals surface area contributed by atoms with Crippen LogP contribution in [0.2, 0.25) is 0 Å². The van der Waals surface area contributed by atoms with Gasteiger partial charge in [0.25, 0.3) is 5.91 Å². The van der Waals surface area contributed by atoms with Crippen LogP contribution in [0.3, 0.4) is 0 Å². The fourth-order valence-corrected chi connectivity index (χ4v) is 6.06. The van der Waals surface area contributed by atoms with Crippen molar-refractivity contribution in [1.82, 2.24) is 15.2 Å². The van der Waals surface area contributed by atoms with Crippen LogP contribution in [0.5, 0.6) is 0 Å². The van der Waals surface area contributed by atoms with E-state index in [-0.39, 0.29) is 17.4 Å². The van der Waals surface area contributed by atoms with Gasteiger partial charge in [-0.2, -0.15) is 0 Å². The van der Waals surface area contributed by atoms with Crippen molar-refractivity contribution in [1.29, 1.82) is 0 Å². The van der Waals surface area contributed by atoms with Crippen LogP contribution in [0.4, 0.5) is 0 Å². The summed E-state index contributed by atoms with van der Waals surface area (Å²) in [6, 6.07) is 17.7. The minimum Gasteiger partial charge on any atom is -0.329 e. The van der Waals surface area contributed by atoms with Crippen molar-refractivity contribution < 1.29 is 4.79 Å². The number of hydrogen-bond acceptors (Lipinski definition) is 3. The molecule has 1 amide bonds. The Labute approximate surface area is 167 Å². The average molecular weight is 376 g/mol. The minimum absolute atomic E-state index is 0.106. The van der Waals surface area contributed by atoms with E-state index in [4.69, 9.17) is 0 Å². The molecule has 3 aliphatic rings. The van der Waals surface area contributed by atoms with E-state index in [9.17, 15) is 4.79 Å². The Bertz CT molecular complexity index is 882. The van der Waals surface area contributed by atoms with E-state index in [1.54, 1.807) is 0 Å². The number of aromatic nitrogens is 1. The van der Waals surface area contributed by atoms with Crippen LogP contribution in [0.1, 0.15) is 54.4 Å². The summed E-state index contributed by atoms with van der Waals surface area (Å²) in [5.74, 6) is 0.106. The minimum atomic E-state index is 0.106. The fourth-order valence-electron chi connectivity index (χ4n) is 6.06. The largest absolute Gasteiger partial charge is 0.329 e. The van der Waals surface area contributed by atoms with Crippen LogP contribution >= 0.6 is 0 Å². The quantitative estimate of drug-likeness (QED) is 0.889. The Morgan fingerprint density at radius 2 is 2.00 bits per heavy atom. The summed E-state index contributed by atoms with van der Waals surface area (Å²) >= 11 is 0. The second-order valence-corrected chi connectivity index (χ2v) is 9.12. The van der Waals surface area contributed by atoms with Gasteiger partial charge in [-0.05, 0) is 56.7 Å². The highest BCUT2D eigenvalue weighted by Crippen LogP contribution is 2.52. The lowest BCUT2D eigenvalue weighted by Crippen LogP contribution is -2.62. The molecule has 4 nitrogen and oxygen atoms in total. The number of likely N-dealkylation sites (tertiary alicyclic amines) is 1. The first-order valence-corrected chi connectivity index (χ1v) is 10.6. The van der Waals surface area contributed by atoms with Gasteiger partial charge in [0, 0.05) is 29.2 Å². The van der Waals surface area contributed by atoms with Crippen molar-refractivity contribution in [2.24, 2.45) is 5.41 Å². The first-order valence-electron chi connectivity index (χ1n) is 10.6. The maximum atomic E-state index is 13.7. The zero-order valence-electron chi connectivity index (χ0n) is 16.8. The monoisotopic (exact) mass is 375 g/mol. The third-order valence-corrected chi connectivity index (χ3v) is 7.39. The van der Waals surface area contributed by atoms with Crippen LogP contribution in [0.15, 0.2) is 48.5 Å². The molecule has 1 aromatic carbocycles. The molecule has 146 valence electrons. The van der Waals surface area contributed by atoms with Crippen molar-refractivity contribution in [3.05, 3.63) is 65.5 Å². The molecule has 2 saturated heterocycles. The van der Waals surface area contributed by atoms with Gasteiger partial charge >= 0.3 is 0 Å². The van der Waals surface area contributed by atoms with E-state index in [0.717, 1.165) is 18.5 Å². The number of carbonyl (C=O) groups excluding carboxylic acids is 1. The molecule has 2 aliphatic heterocycles. The number of pyridine rings is 1. The van der Waals surface area contributed by atoms with Gasteiger partial charge in [0.05, 0.1) is 6.04 Å². The second kappa shape index (κ2) is 6.70. The van der Waals surface area contributed by atoms with Crippen molar-refractivity contribution in [3.8, 4) is 0 Å². The molecular weight excluding hydrogens is 346 g/mol. The maximum absolute atomic E-state index is 13.7. The first kappa shape index (κ1) is 17.9. The van der Waals surface area contributed by atoms with Gasteiger partial charge in [-0.25, -0.2) is 4.98 Å². The van der Waals surface area contributed by atoms with Gasteiger partial charge in [0.15, 0.2) is 0 Å². The lowest BCUT2D eigenvalue weighted by Gasteiger charge is -2.53. The molecule has 3 heterocycles. The Hall–Kier alpha value is -2.20. The molecule has 1 saturated carbocycles. The third kappa shape index (κ3) is 2.77. The number of nitrogens with one attached hydrogen (secondary N) is 1. The van der Waals surface area contributed by atoms with Gasteiger partial charge in [-0.1, -0.05) is 43.3 Å². The molecule has 2 bridgehead atoms. The number of carbonyl (C=O) groups is 1. The highest BCUT2D eigenvalue weighted by Gasteiger charge is 2.60. The molecule has 4 heteroatoms. The van der Waals surface area contributed by atoms with Crippen LogP contribution in [-0.4, -0.2) is 40.0 Å². The van der Waals surface area contributed by atoms with Gasteiger partial charge in [0.2, 0.25) is 0 Å². The van der Waals surface area contributed by atoms with Gasteiger partial charge in [0.1, 0.15) is 5.69 Å². The Morgan fingerprint density at radius 3 is 2.79 bits per heavy atom. The molecule has 2 aromatic rings. The van der Waals surface area contributed by atoms with E-state index in [0.29, 0.717) is 23.8 Å². The van der Waals surface area contributed by atoms with Gasteiger partial charge in [-0.3, -0.25) is 4.79 Å². The van der Waals surface area contributed by atoms with E-state index in [1.807, 2.05) is 25.1 Å². The molecule has 0 spiro atoms. The molecule has 28 heavy (non-hydrogen) atoms. The average Bonchev–Trinajstić information content (AvgIpc) is 3.05. The third-order valence-electron chi connectivity index (χ3n) is 7.39. The molecule has 0 unspecified atom stereocenters. The molecule has 1 aliphatic carbocycles. The number of benzene rings is 1. The summed E-state index contributed by atoms with van der Waals surface area (Å²) in [4.78, 5) is 20.6. The summed E-state index contributed by atoms with van der Waals surface area (Å²) in [6.45, 7) is 4.36. The summed E-state index contributed by atoms with van der Waals surface area (Å²) in [6.07, 6.45) is 5.59. The molecule has 1 aromatic heterocycles. The fraction of sp³-hybridized carbons (Fsp3) is 0.500. The smallest absolute Gasteiger partial charge is 0.273 e. The second-order valence-electron chi connectivity index (χ2n) is 9.12. The topological polar surface area (TPSA) is 45.2 Å². The predicted octanol–water partition coefficient (Wildman–Crippen LogP) is 3.75. The van der Waals surface area contributed by atoms with E-state index >= 15 is 0 Å². The molecule has 5 rings (SSSR count). The molecule has 3 fully saturated rings. The highest BCUT2D eigenvalue weighted by molar-refractivity contribution is 5.93. The standard InChI is InChI=1S/C24H29N3O/c1-16-8-6-11-18(25-16)23(28)27-20(14-17-9-4-3-5-10-17)19-15-24(2)21(26-19)12-7-13-22(24)27/h3-6,8-11,19-22,26H,7,12-15H2,1-2H3/t19-,20+,21-,22+,24-/m0/s1. The van der Waals surface area contributed by atoms with Gasteiger partial charge in [-0.15, -0.1) is 0 Å². The number of fused-ring (bicyclic) bond motifs is 1. The molecule has 1 N–H and O–H groups in total. The number of aryl methyl sites for hydroxylation is 1. The van der Waals surface area contributed by atoms with E-state index < -0.39 is 0 Å². The summed E-state index contributed by atoms with van der Waals surface area (Å²) in [5, 5.41) is 3.93. The van der Waals surface area contributed by atoms with E-state index in [1.165, 1.54) is 24.8 Å². The first-order chi connectivity index (χ1) is 13.6. The van der Waals surface area contributed by atoms with Crippen LogP contribution in [-0.2, 0) is 6.42 Å². The SMILES string of the molecule is Cc1cccc(C(=O)N2[C@H](Cc3ccccc3)[C@@H]3C[C@@]4(C)[C@H](CCC[C@@H]24)N3)n1. The van der Waals surface area contributed by atoms with Crippen molar-refractivity contribution in [2.45, 2.75) is 70.1 Å². The molecular formula is C24H29N3O. The lowest BCUT2D eigenvalue weighted by molar-refractivity contribution is -0.0115. The highest BCUT2D eigenvalue weighted by atomic mass is 16.2. The Morgan fingerprint density at radius 1 is 1.18 bits per heavy atom. The number of rotatable bonds is 3. The van der Waals surface area contributed by atoms with E-state index in [2.05, 4.69) is 52.5 Å².